The van der Waals surface area contributed by atoms with E-state index in [-0.39, 0.29) is 11.3 Å². The predicted octanol–water partition coefficient (Wildman–Crippen LogP) is 2.56. The molecular formula is C15H20N2O2. The summed E-state index contributed by atoms with van der Waals surface area (Å²) in [5.74, 6) is 0.305. The molecule has 1 aromatic rings. The topological polar surface area (TPSA) is 52.6 Å². The van der Waals surface area contributed by atoms with E-state index in [2.05, 4.69) is 5.32 Å². The van der Waals surface area contributed by atoms with Gasteiger partial charge in [0.05, 0.1) is 11.1 Å². The van der Waals surface area contributed by atoms with Crippen LogP contribution in [0.4, 0.5) is 0 Å². The van der Waals surface area contributed by atoms with E-state index in [1.54, 1.807) is 12.1 Å². The summed E-state index contributed by atoms with van der Waals surface area (Å²) in [6.45, 7) is 7.83. The molecule has 102 valence electrons. The smallest absolute Gasteiger partial charge is 0.189 e. The molecule has 1 aromatic carbocycles. The third kappa shape index (κ3) is 2.24. The van der Waals surface area contributed by atoms with Crippen LogP contribution in [-0.4, -0.2) is 27.1 Å². The van der Waals surface area contributed by atoms with E-state index in [1.807, 2.05) is 45.9 Å². The van der Waals surface area contributed by atoms with Crippen LogP contribution in [-0.2, 0) is 0 Å². The fraction of sp³-hybridized carbons (Fsp3) is 0.400. The maximum atomic E-state index is 12.1. The first-order valence-corrected chi connectivity index (χ1v) is 6.34. The molecule has 0 amide bonds. The Bertz CT molecular complexity index is 518. The Hall–Kier alpha value is -1.81. The largest absolute Gasteiger partial charge is 0.363 e. The van der Waals surface area contributed by atoms with Gasteiger partial charge in [-0.2, -0.15) is 0 Å². The van der Waals surface area contributed by atoms with E-state index in [0.29, 0.717) is 11.4 Å². The van der Waals surface area contributed by atoms with Gasteiger partial charge in [0.15, 0.2) is 5.78 Å². The molecule has 0 atom stereocenters. The van der Waals surface area contributed by atoms with Crippen LogP contribution in [0.5, 0.6) is 0 Å². The normalized spacial score (nSPS) is 22.4. The van der Waals surface area contributed by atoms with E-state index < -0.39 is 5.54 Å². The highest BCUT2D eigenvalue weighted by atomic mass is 16.5. The first-order valence-electron chi connectivity index (χ1n) is 6.34. The summed E-state index contributed by atoms with van der Waals surface area (Å²) in [4.78, 5) is 12.1. The second-order valence-corrected chi connectivity index (χ2v) is 5.88. The van der Waals surface area contributed by atoms with E-state index in [1.165, 1.54) is 6.08 Å². The van der Waals surface area contributed by atoms with E-state index >= 15 is 0 Å². The molecule has 0 unspecified atom stereocenters. The monoisotopic (exact) mass is 260 g/mol. The highest BCUT2D eigenvalue weighted by Crippen LogP contribution is 2.36. The Morgan fingerprint density at radius 2 is 1.79 bits per heavy atom. The number of carbonyl (C=O) groups is 1. The number of carbonyl (C=O) groups excluding carboxylic acids is 1. The second-order valence-electron chi connectivity index (χ2n) is 5.88. The standard InChI is InChI=1S/C15H20N2O2/c1-14(2)15(3,4)17(19)13(16-14)10-12(18)11-8-6-5-7-9-11/h5-10,16,19H,1-4H3/b13-10+. The maximum absolute atomic E-state index is 12.1. The summed E-state index contributed by atoms with van der Waals surface area (Å²) in [7, 11) is 0. The van der Waals surface area contributed by atoms with Crippen LogP contribution in [0.1, 0.15) is 38.1 Å². The van der Waals surface area contributed by atoms with Crippen LogP contribution in [0.3, 0.4) is 0 Å². The van der Waals surface area contributed by atoms with Crippen molar-refractivity contribution in [3.8, 4) is 0 Å². The zero-order valence-electron chi connectivity index (χ0n) is 11.8. The van der Waals surface area contributed by atoms with Crippen LogP contribution in [0.15, 0.2) is 42.2 Å². The Kier molecular flexibility index (Phi) is 3.14. The summed E-state index contributed by atoms with van der Waals surface area (Å²) in [6, 6.07) is 9.01. The molecule has 1 heterocycles. The minimum absolute atomic E-state index is 0.129. The van der Waals surface area contributed by atoms with Gasteiger partial charge in [-0.25, -0.2) is 5.06 Å². The van der Waals surface area contributed by atoms with Crippen molar-refractivity contribution >= 4 is 5.78 Å². The number of hydrogen-bond acceptors (Lipinski definition) is 4. The molecule has 2 rings (SSSR count). The second kappa shape index (κ2) is 4.38. The van der Waals surface area contributed by atoms with Crippen molar-refractivity contribution in [1.29, 1.82) is 0 Å². The van der Waals surface area contributed by atoms with Crippen LogP contribution in [0.25, 0.3) is 0 Å². The van der Waals surface area contributed by atoms with Gasteiger partial charge in [-0.15, -0.1) is 0 Å². The molecule has 1 saturated heterocycles. The summed E-state index contributed by atoms with van der Waals surface area (Å²) >= 11 is 0. The van der Waals surface area contributed by atoms with Gasteiger partial charge in [-0.1, -0.05) is 30.3 Å². The Morgan fingerprint density at radius 3 is 2.26 bits per heavy atom. The molecule has 0 saturated carbocycles. The molecule has 1 aliphatic rings. The molecule has 1 aliphatic heterocycles. The Labute approximate surface area is 113 Å². The number of ketones is 1. The Balaban J connectivity index is 2.29. The van der Waals surface area contributed by atoms with Crippen LogP contribution in [0.2, 0.25) is 0 Å². The van der Waals surface area contributed by atoms with Crippen molar-refractivity contribution in [1.82, 2.24) is 10.4 Å². The maximum Gasteiger partial charge on any atom is 0.189 e. The Morgan fingerprint density at radius 1 is 1.21 bits per heavy atom. The number of allylic oxidation sites excluding steroid dienone is 1. The highest BCUT2D eigenvalue weighted by molar-refractivity contribution is 6.04. The zero-order chi connectivity index (χ0) is 14.3. The lowest BCUT2D eigenvalue weighted by molar-refractivity contribution is -0.122. The first-order chi connectivity index (χ1) is 8.75. The molecule has 0 bridgehead atoms. The molecule has 19 heavy (non-hydrogen) atoms. The minimum atomic E-state index is -0.490. The van der Waals surface area contributed by atoms with Gasteiger partial charge in [-0.3, -0.25) is 10.0 Å². The summed E-state index contributed by atoms with van der Waals surface area (Å²) < 4.78 is 0. The molecular weight excluding hydrogens is 240 g/mol. The van der Waals surface area contributed by atoms with Crippen molar-refractivity contribution in [3.05, 3.63) is 47.8 Å². The third-order valence-electron chi connectivity index (χ3n) is 4.05. The molecule has 0 spiro atoms. The highest BCUT2D eigenvalue weighted by Gasteiger charge is 2.49. The van der Waals surface area contributed by atoms with Gasteiger partial charge >= 0.3 is 0 Å². The third-order valence-corrected chi connectivity index (χ3v) is 4.05. The van der Waals surface area contributed by atoms with Crippen LogP contribution in [0, 0.1) is 0 Å². The van der Waals surface area contributed by atoms with E-state index in [0.717, 1.165) is 5.06 Å². The molecule has 4 nitrogen and oxygen atoms in total. The summed E-state index contributed by atoms with van der Waals surface area (Å²) in [6.07, 6.45) is 1.44. The van der Waals surface area contributed by atoms with E-state index in [9.17, 15) is 10.0 Å². The fourth-order valence-corrected chi connectivity index (χ4v) is 2.00. The minimum Gasteiger partial charge on any atom is -0.363 e. The molecule has 4 heteroatoms. The van der Waals surface area contributed by atoms with Crippen molar-refractivity contribution in [2.24, 2.45) is 0 Å². The molecule has 0 aliphatic carbocycles. The predicted molar refractivity (Wildman–Crippen MR) is 73.8 cm³/mol. The van der Waals surface area contributed by atoms with Crippen molar-refractivity contribution < 1.29 is 10.0 Å². The molecule has 0 aromatic heterocycles. The SMILES string of the molecule is CC1(C)N/C(=C\C(=O)c2ccccc2)N(O)C1(C)C. The number of hydrogen-bond donors (Lipinski definition) is 2. The first kappa shape index (κ1) is 13.6. The lowest BCUT2D eigenvalue weighted by Crippen LogP contribution is -2.52. The molecule has 1 fully saturated rings. The molecule has 0 radical (unpaired) electrons. The van der Waals surface area contributed by atoms with Crippen LogP contribution >= 0.6 is 0 Å². The quantitative estimate of drug-likeness (QED) is 0.634. The number of rotatable bonds is 2. The fourth-order valence-electron chi connectivity index (χ4n) is 2.00. The average Bonchev–Trinajstić information content (AvgIpc) is 2.51. The van der Waals surface area contributed by atoms with Crippen molar-refractivity contribution in [3.63, 3.8) is 0 Å². The lowest BCUT2D eigenvalue weighted by atomic mass is 9.84. The van der Waals surface area contributed by atoms with Crippen molar-refractivity contribution in [2.45, 2.75) is 38.8 Å². The van der Waals surface area contributed by atoms with Gasteiger partial charge in [0, 0.05) is 11.6 Å². The lowest BCUT2D eigenvalue weighted by Gasteiger charge is -2.36. The zero-order valence-corrected chi connectivity index (χ0v) is 11.8. The van der Waals surface area contributed by atoms with Crippen LogP contribution < -0.4 is 5.32 Å². The number of nitrogens with one attached hydrogen (secondary N) is 1. The van der Waals surface area contributed by atoms with E-state index in [4.69, 9.17) is 0 Å². The van der Waals surface area contributed by atoms with Gasteiger partial charge in [0.2, 0.25) is 0 Å². The average molecular weight is 260 g/mol. The number of benzene rings is 1. The summed E-state index contributed by atoms with van der Waals surface area (Å²) in [5.41, 5.74) is -0.215. The summed E-state index contributed by atoms with van der Waals surface area (Å²) in [5, 5.41) is 14.5. The van der Waals surface area contributed by atoms with Crippen molar-refractivity contribution in [2.75, 3.05) is 0 Å². The van der Waals surface area contributed by atoms with Gasteiger partial charge in [0.25, 0.3) is 0 Å². The number of nitrogens with zero attached hydrogens (tertiary/aromatic N) is 1. The van der Waals surface area contributed by atoms with Gasteiger partial charge < -0.3 is 5.32 Å². The number of hydroxylamine groups is 2. The van der Waals surface area contributed by atoms with Gasteiger partial charge in [0.1, 0.15) is 5.82 Å². The molecule has 2 N–H and O–H groups in total. The van der Waals surface area contributed by atoms with Gasteiger partial charge in [-0.05, 0) is 27.7 Å².